The van der Waals surface area contributed by atoms with Gasteiger partial charge in [0.05, 0.1) is 31.9 Å². The Hall–Kier alpha value is -3.25. The first kappa shape index (κ1) is 22.5. The molecule has 5 nitrogen and oxygen atoms in total. The monoisotopic (exact) mass is 461 g/mol. The Labute approximate surface area is 198 Å². The lowest BCUT2D eigenvalue weighted by molar-refractivity contribution is -0.142. The van der Waals surface area contributed by atoms with Gasteiger partial charge in [0, 0.05) is 18.1 Å². The van der Waals surface area contributed by atoms with Gasteiger partial charge in [-0.15, -0.1) is 0 Å². The number of aliphatic carboxylic acids is 1. The summed E-state index contributed by atoms with van der Waals surface area (Å²) in [4.78, 5) is 15.6. The number of aromatic nitrogens is 1. The minimum Gasteiger partial charge on any atom is -0.481 e. The summed E-state index contributed by atoms with van der Waals surface area (Å²) in [7, 11) is 1.51. The summed E-state index contributed by atoms with van der Waals surface area (Å²) in [5.74, 6) is -0.662. The quantitative estimate of drug-likeness (QED) is 0.473. The second kappa shape index (κ2) is 9.18. The third-order valence-corrected chi connectivity index (χ3v) is 7.15. The van der Waals surface area contributed by atoms with Crippen molar-refractivity contribution < 1.29 is 23.8 Å². The first-order valence-electron chi connectivity index (χ1n) is 11.7. The molecule has 1 fully saturated rings. The number of halogens is 1. The molecule has 1 aliphatic carbocycles. The van der Waals surface area contributed by atoms with Crippen LogP contribution in [0.1, 0.15) is 54.0 Å². The highest BCUT2D eigenvalue weighted by Crippen LogP contribution is 2.47. The molecule has 0 amide bonds. The second-order valence-electron chi connectivity index (χ2n) is 9.35. The molecule has 34 heavy (non-hydrogen) atoms. The topological polar surface area (TPSA) is 68.7 Å². The molecule has 0 radical (unpaired) electrons. The van der Waals surface area contributed by atoms with Gasteiger partial charge in [-0.2, -0.15) is 0 Å². The SMILES string of the molecule is COc1cc(-c2ccc([C@@H]3Cc4cc(C(C5CC5)[C@H](C)C(=O)O)ccc4CO3)cc2)c(F)cn1. The minimum absolute atomic E-state index is 0.0515. The lowest BCUT2D eigenvalue weighted by Crippen LogP contribution is -2.22. The van der Waals surface area contributed by atoms with E-state index in [0.717, 1.165) is 41.5 Å². The number of benzene rings is 2. The van der Waals surface area contributed by atoms with E-state index in [1.54, 1.807) is 6.07 Å². The van der Waals surface area contributed by atoms with Crippen LogP contribution >= 0.6 is 0 Å². The fraction of sp³-hybridized carbons (Fsp3) is 0.357. The molecule has 1 aromatic heterocycles. The largest absolute Gasteiger partial charge is 0.481 e. The average molecular weight is 462 g/mol. The predicted octanol–water partition coefficient (Wildman–Crippen LogP) is 5.92. The number of rotatable bonds is 7. The molecule has 3 atom stereocenters. The summed E-state index contributed by atoms with van der Waals surface area (Å²) in [6, 6.07) is 15.7. The Morgan fingerprint density at radius 1 is 1.15 bits per heavy atom. The van der Waals surface area contributed by atoms with Gasteiger partial charge in [0.25, 0.3) is 0 Å². The summed E-state index contributed by atoms with van der Waals surface area (Å²) in [5, 5.41) is 9.62. The van der Waals surface area contributed by atoms with E-state index in [4.69, 9.17) is 9.47 Å². The van der Waals surface area contributed by atoms with Crippen LogP contribution in [0.3, 0.4) is 0 Å². The number of ether oxygens (including phenoxy) is 2. The Balaban J connectivity index is 1.37. The van der Waals surface area contributed by atoms with Crippen molar-refractivity contribution in [3.63, 3.8) is 0 Å². The van der Waals surface area contributed by atoms with Crippen LogP contribution in [-0.2, 0) is 22.6 Å². The fourth-order valence-corrected chi connectivity index (χ4v) is 5.05. The maximum Gasteiger partial charge on any atom is 0.306 e. The van der Waals surface area contributed by atoms with Gasteiger partial charge in [-0.1, -0.05) is 49.4 Å². The molecule has 0 spiro atoms. The zero-order chi connectivity index (χ0) is 23.8. The van der Waals surface area contributed by atoms with Gasteiger partial charge in [0.2, 0.25) is 5.88 Å². The molecule has 3 aromatic rings. The molecule has 5 rings (SSSR count). The highest BCUT2D eigenvalue weighted by Gasteiger charge is 2.39. The van der Waals surface area contributed by atoms with E-state index in [1.165, 1.54) is 18.9 Å². The standard InChI is InChI=1S/C28H28FNO4/c1-16(28(31)32)27(19-7-8-19)20-9-10-21-15-34-25(12-22(21)11-20)18-5-3-17(4-6-18)23-13-26(33-2)30-14-24(23)29/h3-6,9-11,13-14,16,19,25,27H,7-8,12,15H2,1-2H3,(H,31,32)/t16-,25-,27?/m0/s1. The molecule has 1 aliphatic heterocycles. The van der Waals surface area contributed by atoms with Gasteiger partial charge in [-0.25, -0.2) is 9.37 Å². The van der Waals surface area contributed by atoms with E-state index < -0.39 is 17.7 Å². The minimum atomic E-state index is -0.737. The molecule has 1 N–H and O–H groups in total. The van der Waals surface area contributed by atoms with Gasteiger partial charge >= 0.3 is 5.97 Å². The van der Waals surface area contributed by atoms with Crippen LogP contribution in [0.25, 0.3) is 11.1 Å². The second-order valence-corrected chi connectivity index (χ2v) is 9.35. The van der Waals surface area contributed by atoms with Crippen molar-refractivity contribution in [1.29, 1.82) is 0 Å². The summed E-state index contributed by atoms with van der Waals surface area (Å²) in [5.41, 5.74) is 5.70. The summed E-state index contributed by atoms with van der Waals surface area (Å²) >= 11 is 0. The van der Waals surface area contributed by atoms with Gasteiger partial charge in [-0.3, -0.25) is 4.79 Å². The zero-order valence-electron chi connectivity index (χ0n) is 19.3. The maximum atomic E-state index is 14.3. The summed E-state index contributed by atoms with van der Waals surface area (Å²) in [6.45, 7) is 2.33. The number of nitrogens with zero attached hydrogens (tertiary/aromatic N) is 1. The lowest BCUT2D eigenvalue weighted by atomic mass is 9.81. The predicted molar refractivity (Wildman–Crippen MR) is 126 cm³/mol. The molecule has 1 saturated carbocycles. The third-order valence-electron chi connectivity index (χ3n) is 7.15. The fourth-order valence-electron chi connectivity index (χ4n) is 5.05. The van der Waals surface area contributed by atoms with Crippen LogP contribution in [0.2, 0.25) is 0 Å². The molecular formula is C28H28FNO4. The smallest absolute Gasteiger partial charge is 0.306 e. The molecule has 176 valence electrons. The highest BCUT2D eigenvalue weighted by atomic mass is 19.1. The van der Waals surface area contributed by atoms with Gasteiger partial charge < -0.3 is 14.6 Å². The number of carbonyl (C=O) groups is 1. The van der Waals surface area contributed by atoms with Crippen molar-refractivity contribution in [1.82, 2.24) is 4.98 Å². The van der Waals surface area contributed by atoms with Gasteiger partial charge in [0.1, 0.15) is 5.82 Å². The average Bonchev–Trinajstić information content (AvgIpc) is 3.69. The van der Waals surface area contributed by atoms with Crippen LogP contribution in [0.15, 0.2) is 54.7 Å². The number of hydrogen-bond donors (Lipinski definition) is 1. The van der Waals surface area contributed by atoms with Crippen LogP contribution in [0.4, 0.5) is 4.39 Å². The Morgan fingerprint density at radius 2 is 1.91 bits per heavy atom. The number of carboxylic acid groups (broad SMARTS) is 1. The number of fused-ring (bicyclic) bond motifs is 1. The molecule has 1 unspecified atom stereocenters. The van der Waals surface area contributed by atoms with Crippen molar-refractivity contribution in [2.45, 2.75) is 44.8 Å². The van der Waals surface area contributed by atoms with E-state index in [1.807, 2.05) is 31.2 Å². The van der Waals surface area contributed by atoms with Crippen molar-refractivity contribution in [3.8, 4) is 17.0 Å². The molecule has 0 saturated heterocycles. The number of carboxylic acids is 1. The van der Waals surface area contributed by atoms with Crippen molar-refractivity contribution in [2.24, 2.45) is 11.8 Å². The zero-order valence-corrected chi connectivity index (χ0v) is 19.3. The maximum absolute atomic E-state index is 14.3. The Morgan fingerprint density at radius 3 is 2.59 bits per heavy atom. The van der Waals surface area contributed by atoms with Gasteiger partial charge in [-0.05, 0) is 52.5 Å². The normalized spacial score (nSPS) is 19.2. The lowest BCUT2D eigenvalue weighted by Gasteiger charge is -2.28. The molecule has 6 heteroatoms. The van der Waals surface area contributed by atoms with Crippen LogP contribution < -0.4 is 4.74 Å². The summed E-state index contributed by atoms with van der Waals surface area (Å²) in [6.07, 6.45) is 3.98. The van der Waals surface area contributed by atoms with Crippen molar-refractivity contribution >= 4 is 5.97 Å². The molecule has 2 aromatic carbocycles. The number of methoxy groups -OCH3 is 1. The number of hydrogen-bond acceptors (Lipinski definition) is 4. The van der Waals surface area contributed by atoms with E-state index in [9.17, 15) is 14.3 Å². The molecule has 0 bridgehead atoms. The van der Waals surface area contributed by atoms with E-state index >= 15 is 0 Å². The molecular weight excluding hydrogens is 433 g/mol. The van der Waals surface area contributed by atoms with Crippen LogP contribution in [0, 0.1) is 17.7 Å². The highest BCUT2D eigenvalue weighted by molar-refractivity contribution is 5.71. The van der Waals surface area contributed by atoms with E-state index in [2.05, 4.69) is 23.2 Å². The van der Waals surface area contributed by atoms with Crippen LogP contribution in [-0.4, -0.2) is 23.2 Å². The Bertz CT molecular complexity index is 1210. The van der Waals surface area contributed by atoms with Crippen molar-refractivity contribution in [2.75, 3.05) is 7.11 Å². The third kappa shape index (κ3) is 4.42. The first-order chi connectivity index (χ1) is 16.4. The van der Waals surface area contributed by atoms with Gasteiger partial charge in [0.15, 0.2) is 0 Å². The number of pyridine rings is 1. The Kier molecular flexibility index (Phi) is 6.09. The van der Waals surface area contributed by atoms with Crippen molar-refractivity contribution in [3.05, 3.63) is 82.8 Å². The first-order valence-corrected chi connectivity index (χ1v) is 11.7. The van der Waals surface area contributed by atoms with Crippen LogP contribution in [0.5, 0.6) is 5.88 Å². The van der Waals surface area contributed by atoms with E-state index in [-0.39, 0.29) is 12.0 Å². The molecule has 2 heterocycles. The molecule has 2 aliphatic rings. The summed E-state index contributed by atoms with van der Waals surface area (Å²) < 4.78 is 25.6. The van der Waals surface area contributed by atoms with E-state index in [0.29, 0.717) is 24.0 Å².